The zero-order chi connectivity index (χ0) is 13.1. The Balaban J connectivity index is 2.82. The van der Waals surface area contributed by atoms with Crippen LogP contribution in [0.1, 0.15) is 37.9 Å². The first kappa shape index (κ1) is 13.2. The van der Waals surface area contributed by atoms with Crippen molar-refractivity contribution in [3.8, 4) is 6.07 Å². The van der Waals surface area contributed by atoms with Crippen LogP contribution in [0.25, 0.3) is 0 Å². The monoisotopic (exact) mass is 230 g/mol. The lowest BCUT2D eigenvalue weighted by atomic mass is 9.93. The molecule has 90 valence electrons. The zero-order valence-corrected chi connectivity index (χ0v) is 10.7. The molecule has 1 aromatic rings. The van der Waals surface area contributed by atoms with Gasteiger partial charge in [0.05, 0.1) is 12.1 Å². The molecule has 1 unspecified atom stereocenters. The number of nitriles is 1. The van der Waals surface area contributed by atoms with Gasteiger partial charge >= 0.3 is 0 Å². The molecule has 0 aromatic heterocycles. The summed E-state index contributed by atoms with van der Waals surface area (Å²) in [6, 6.07) is 9.82. The summed E-state index contributed by atoms with van der Waals surface area (Å²) >= 11 is 0. The molecule has 0 spiro atoms. The van der Waals surface area contributed by atoms with Crippen LogP contribution in [0.3, 0.4) is 0 Å². The van der Waals surface area contributed by atoms with Crippen molar-refractivity contribution in [3.63, 3.8) is 0 Å². The number of rotatable bonds is 3. The molecule has 1 rings (SSSR count). The lowest BCUT2D eigenvalue weighted by molar-refractivity contribution is -0.127. The first-order valence-electron chi connectivity index (χ1n) is 5.66. The Labute approximate surface area is 102 Å². The molecular formula is C14H18N2O. The molecule has 0 saturated heterocycles. The van der Waals surface area contributed by atoms with Crippen molar-refractivity contribution in [3.05, 3.63) is 35.4 Å². The second-order valence-electron chi connectivity index (χ2n) is 4.79. The van der Waals surface area contributed by atoms with E-state index in [1.165, 1.54) is 0 Å². The lowest BCUT2D eigenvalue weighted by Crippen LogP contribution is -2.37. The number of carbonyl (C=O) groups is 1. The molecule has 1 amide bonds. The third-order valence-electron chi connectivity index (χ3n) is 2.85. The molecule has 0 fully saturated rings. The molecule has 3 heteroatoms. The molecule has 0 aliphatic rings. The molecule has 3 nitrogen and oxygen atoms in total. The van der Waals surface area contributed by atoms with Crippen LogP contribution in [-0.2, 0) is 4.79 Å². The van der Waals surface area contributed by atoms with E-state index in [1.807, 2.05) is 44.2 Å². The predicted octanol–water partition coefficient (Wildman–Crippen LogP) is 2.72. The third kappa shape index (κ3) is 3.07. The number of hydrogen-bond donors (Lipinski definition) is 1. The number of aryl methyl sites for hydroxylation is 1. The molecule has 0 aliphatic heterocycles. The summed E-state index contributed by atoms with van der Waals surface area (Å²) in [5.41, 5.74) is 1.22. The minimum absolute atomic E-state index is 0.0867. The van der Waals surface area contributed by atoms with Crippen LogP contribution in [0.5, 0.6) is 0 Å². The average Bonchev–Trinajstić information content (AvgIpc) is 2.29. The maximum atomic E-state index is 11.9. The highest BCUT2D eigenvalue weighted by atomic mass is 16.2. The topological polar surface area (TPSA) is 52.9 Å². The Hall–Kier alpha value is -1.82. The minimum Gasteiger partial charge on any atom is -0.348 e. The second-order valence-corrected chi connectivity index (χ2v) is 4.79. The quantitative estimate of drug-likeness (QED) is 0.868. The SMILES string of the molecule is Cc1ccccc1C(C)NC(=O)C(C)(C)C#N. The van der Waals surface area contributed by atoms with Gasteiger partial charge in [0, 0.05) is 0 Å². The number of benzene rings is 1. The Morgan fingerprint density at radius 3 is 2.53 bits per heavy atom. The molecule has 1 aromatic carbocycles. The summed E-state index contributed by atoms with van der Waals surface area (Å²) in [5.74, 6) is -0.240. The van der Waals surface area contributed by atoms with Crippen LogP contribution < -0.4 is 5.32 Å². The van der Waals surface area contributed by atoms with Crippen LogP contribution in [0.2, 0.25) is 0 Å². The molecule has 0 bridgehead atoms. The Kier molecular flexibility index (Phi) is 3.90. The van der Waals surface area contributed by atoms with E-state index in [9.17, 15) is 4.79 Å². The van der Waals surface area contributed by atoms with E-state index in [2.05, 4.69) is 5.32 Å². The van der Waals surface area contributed by atoms with Gasteiger partial charge in [-0.05, 0) is 38.8 Å². The number of amides is 1. The Morgan fingerprint density at radius 2 is 2.00 bits per heavy atom. The smallest absolute Gasteiger partial charge is 0.240 e. The van der Waals surface area contributed by atoms with E-state index in [-0.39, 0.29) is 11.9 Å². The maximum absolute atomic E-state index is 11.9. The van der Waals surface area contributed by atoms with E-state index in [0.717, 1.165) is 11.1 Å². The summed E-state index contributed by atoms with van der Waals surface area (Å²) in [4.78, 5) is 11.9. The van der Waals surface area contributed by atoms with E-state index in [0.29, 0.717) is 0 Å². The molecular weight excluding hydrogens is 212 g/mol. The van der Waals surface area contributed by atoms with Gasteiger partial charge in [0.2, 0.25) is 5.91 Å². The summed E-state index contributed by atoms with van der Waals surface area (Å²) in [7, 11) is 0. The van der Waals surface area contributed by atoms with E-state index in [4.69, 9.17) is 5.26 Å². The Morgan fingerprint density at radius 1 is 1.41 bits per heavy atom. The zero-order valence-electron chi connectivity index (χ0n) is 10.7. The molecule has 0 saturated carbocycles. The van der Waals surface area contributed by atoms with Gasteiger partial charge in [-0.3, -0.25) is 4.79 Å². The summed E-state index contributed by atoms with van der Waals surface area (Å²) in [6.45, 7) is 7.17. The van der Waals surface area contributed by atoms with Crippen molar-refractivity contribution in [2.45, 2.75) is 33.7 Å². The molecule has 0 aliphatic carbocycles. The minimum atomic E-state index is -0.989. The van der Waals surface area contributed by atoms with Gasteiger partial charge in [-0.15, -0.1) is 0 Å². The van der Waals surface area contributed by atoms with Gasteiger partial charge in [-0.25, -0.2) is 0 Å². The Bertz CT molecular complexity index is 458. The largest absolute Gasteiger partial charge is 0.348 e. The number of nitrogens with one attached hydrogen (secondary N) is 1. The van der Waals surface area contributed by atoms with Gasteiger partial charge in [0.25, 0.3) is 0 Å². The highest BCUT2D eigenvalue weighted by molar-refractivity contribution is 5.84. The van der Waals surface area contributed by atoms with Crippen molar-refractivity contribution in [2.24, 2.45) is 5.41 Å². The van der Waals surface area contributed by atoms with Crippen LogP contribution >= 0.6 is 0 Å². The molecule has 17 heavy (non-hydrogen) atoms. The third-order valence-corrected chi connectivity index (χ3v) is 2.85. The highest BCUT2D eigenvalue weighted by Crippen LogP contribution is 2.20. The standard InChI is InChI=1S/C14H18N2O/c1-10-7-5-6-8-12(10)11(2)16-13(17)14(3,4)9-15/h5-8,11H,1-4H3,(H,16,17). The first-order valence-corrected chi connectivity index (χ1v) is 5.66. The highest BCUT2D eigenvalue weighted by Gasteiger charge is 2.28. The molecule has 1 N–H and O–H groups in total. The van der Waals surface area contributed by atoms with Gasteiger partial charge in [0.15, 0.2) is 0 Å². The van der Waals surface area contributed by atoms with Gasteiger partial charge in [0.1, 0.15) is 5.41 Å². The molecule has 0 radical (unpaired) electrons. The van der Waals surface area contributed by atoms with Crippen LogP contribution in [0.4, 0.5) is 0 Å². The van der Waals surface area contributed by atoms with Crippen LogP contribution in [0.15, 0.2) is 24.3 Å². The van der Waals surface area contributed by atoms with Crippen LogP contribution in [-0.4, -0.2) is 5.91 Å². The summed E-state index contributed by atoms with van der Waals surface area (Å²) in [5, 5.41) is 11.8. The lowest BCUT2D eigenvalue weighted by Gasteiger charge is -2.21. The number of carbonyl (C=O) groups excluding carboxylic acids is 1. The fourth-order valence-electron chi connectivity index (χ4n) is 1.58. The average molecular weight is 230 g/mol. The molecule has 1 atom stereocenters. The van der Waals surface area contributed by atoms with Crippen molar-refractivity contribution in [1.82, 2.24) is 5.32 Å². The fraction of sp³-hybridized carbons (Fsp3) is 0.429. The van der Waals surface area contributed by atoms with Crippen molar-refractivity contribution in [1.29, 1.82) is 5.26 Å². The van der Waals surface area contributed by atoms with Crippen molar-refractivity contribution in [2.75, 3.05) is 0 Å². The van der Waals surface area contributed by atoms with Gasteiger partial charge in [-0.2, -0.15) is 5.26 Å². The van der Waals surface area contributed by atoms with Crippen LogP contribution in [0, 0.1) is 23.7 Å². The van der Waals surface area contributed by atoms with Crippen molar-refractivity contribution >= 4 is 5.91 Å². The normalized spacial score (nSPS) is 12.6. The summed E-state index contributed by atoms with van der Waals surface area (Å²) < 4.78 is 0. The number of hydrogen-bond acceptors (Lipinski definition) is 2. The maximum Gasteiger partial charge on any atom is 0.240 e. The van der Waals surface area contributed by atoms with Gasteiger partial charge in [-0.1, -0.05) is 24.3 Å². The number of nitrogens with zero attached hydrogens (tertiary/aromatic N) is 1. The fourth-order valence-corrected chi connectivity index (χ4v) is 1.58. The summed E-state index contributed by atoms with van der Waals surface area (Å²) in [6.07, 6.45) is 0. The van der Waals surface area contributed by atoms with E-state index >= 15 is 0 Å². The van der Waals surface area contributed by atoms with E-state index in [1.54, 1.807) is 13.8 Å². The first-order chi connectivity index (χ1) is 7.88. The van der Waals surface area contributed by atoms with Crippen molar-refractivity contribution < 1.29 is 4.79 Å². The molecule has 0 heterocycles. The predicted molar refractivity (Wildman–Crippen MR) is 67.1 cm³/mol. The van der Waals surface area contributed by atoms with Gasteiger partial charge < -0.3 is 5.32 Å². The second kappa shape index (κ2) is 5.01. The van der Waals surface area contributed by atoms with E-state index < -0.39 is 5.41 Å².